The quantitative estimate of drug-likeness (QED) is 0.140. The third kappa shape index (κ3) is 8.72. The fourth-order valence-corrected chi connectivity index (χ4v) is 2.60. The van der Waals surface area contributed by atoms with E-state index >= 15 is 0 Å². The van der Waals surface area contributed by atoms with Crippen molar-refractivity contribution < 1.29 is 23.9 Å². The highest BCUT2D eigenvalue weighted by molar-refractivity contribution is 6.10. The molecule has 11 heteroatoms. The van der Waals surface area contributed by atoms with Crippen molar-refractivity contribution in [2.24, 2.45) is 0 Å². The molecule has 2 rings (SSSR count). The van der Waals surface area contributed by atoms with Gasteiger partial charge >= 0.3 is 6.09 Å². The predicted molar refractivity (Wildman–Crippen MR) is 130 cm³/mol. The van der Waals surface area contributed by atoms with Gasteiger partial charge in [0, 0.05) is 29.2 Å². The van der Waals surface area contributed by atoms with Crippen LogP contribution in [-0.2, 0) is 9.53 Å². The Balaban J connectivity index is 1.99. The van der Waals surface area contributed by atoms with Gasteiger partial charge < -0.3 is 15.0 Å². The van der Waals surface area contributed by atoms with Gasteiger partial charge in [-0.05, 0) is 52.3 Å². The smallest absolute Gasteiger partial charge is 0.414 e. The number of guanidine groups is 1. The molecule has 0 saturated heterocycles. The third-order valence-corrected chi connectivity index (χ3v) is 4.26. The van der Waals surface area contributed by atoms with Gasteiger partial charge in [-0.25, -0.2) is 9.78 Å². The van der Waals surface area contributed by atoms with Crippen LogP contribution in [0, 0.1) is 5.41 Å². The van der Waals surface area contributed by atoms with Crippen molar-refractivity contribution in [2.75, 3.05) is 5.32 Å². The van der Waals surface area contributed by atoms with Crippen LogP contribution in [0.15, 0.2) is 60.0 Å². The van der Waals surface area contributed by atoms with E-state index in [0.717, 1.165) is 0 Å². The van der Waals surface area contributed by atoms with Crippen molar-refractivity contribution in [1.82, 2.24) is 20.6 Å². The van der Waals surface area contributed by atoms with Crippen molar-refractivity contribution in [1.29, 1.82) is 5.41 Å². The van der Waals surface area contributed by atoms with Crippen molar-refractivity contribution in [2.45, 2.75) is 40.2 Å². The minimum atomic E-state index is -0.867. The van der Waals surface area contributed by atoms with Crippen LogP contribution in [0.3, 0.4) is 0 Å². The number of amides is 3. The van der Waals surface area contributed by atoms with Gasteiger partial charge in [-0.1, -0.05) is 24.3 Å². The third-order valence-electron chi connectivity index (χ3n) is 4.26. The van der Waals surface area contributed by atoms with Crippen LogP contribution >= 0.6 is 0 Å². The van der Waals surface area contributed by atoms with Crippen LogP contribution in [0.25, 0.3) is 0 Å². The number of carbonyl (C=O) groups is 4. The molecule has 0 bridgehead atoms. The lowest BCUT2D eigenvalue weighted by Crippen LogP contribution is -2.45. The monoisotopic (exact) mass is 480 g/mol. The normalized spacial score (nSPS) is 11.9. The molecule has 0 aliphatic heterocycles. The molecular weight excluding hydrogens is 452 g/mol. The predicted octanol–water partition coefficient (Wildman–Crippen LogP) is 3.31. The lowest BCUT2D eigenvalue weighted by atomic mass is 10.0. The van der Waals surface area contributed by atoms with Crippen molar-refractivity contribution >= 4 is 35.3 Å². The molecule has 35 heavy (non-hydrogen) atoms. The second-order valence-corrected chi connectivity index (χ2v) is 8.46. The molecule has 0 radical (unpaired) electrons. The molecule has 0 atom stereocenters. The van der Waals surface area contributed by atoms with E-state index < -0.39 is 29.5 Å². The number of carbonyl (C=O) groups excluding carboxylic acids is 4. The number of aromatic amines is 1. The summed E-state index contributed by atoms with van der Waals surface area (Å²) in [6.45, 7) is 8.10. The number of anilines is 1. The average Bonchev–Trinajstić information content (AvgIpc) is 3.30. The van der Waals surface area contributed by atoms with Crippen molar-refractivity contribution in [3.8, 4) is 0 Å². The number of Topliss-reactive ketones (excluding diaryl/α,β-unsaturated/α-hetero) is 1. The number of aromatic nitrogens is 2. The highest BCUT2D eigenvalue weighted by Crippen LogP contribution is 2.15. The molecule has 0 aliphatic carbocycles. The largest absolute Gasteiger partial charge is 0.444 e. The number of ketones is 1. The Morgan fingerprint density at radius 1 is 1.06 bits per heavy atom. The maximum atomic E-state index is 12.8. The Bertz CT molecular complexity index is 1190. The van der Waals surface area contributed by atoms with Crippen LogP contribution in [0.4, 0.5) is 10.5 Å². The van der Waals surface area contributed by atoms with E-state index in [9.17, 15) is 19.2 Å². The number of nitrogens with one attached hydrogen (secondary N) is 5. The first-order valence-electron chi connectivity index (χ1n) is 10.6. The molecular formula is C24H28N6O5. The van der Waals surface area contributed by atoms with E-state index in [1.54, 1.807) is 45.9 Å². The number of H-pyrrole nitrogens is 1. The lowest BCUT2D eigenvalue weighted by molar-refractivity contribution is -0.116. The second-order valence-electron chi connectivity index (χ2n) is 8.46. The van der Waals surface area contributed by atoms with Gasteiger partial charge in [0.15, 0.2) is 11.6 Å². The number of imidazole rings is 1. The molecule has 184 valence electrons. The summed E-state index contributed by atoms with van der Waals surface area (Å²) in [6, 6.07) is 6.42. The number of hydrogen-bond acceptors (Lipinski definition) is 7. The van der Waals surface area contributed by atoms with Gasteiger partial charge in [0.25, 0.3) is 11.8 Å². The minimum absolute atomic E-state index is 0.145. The number of rotatable bonds is 6. The number of nitrogens with zero attached hydrogens (tertiary/aromatic N) is 1. The van der Waals surface area contributed by atoms with E-state index in [4.69, 9.17) is 10.1 Å². The van der Waals surface area contributed by atoms with E-state index in [1.165, 1.54) is 37.5 Å². The van der Waals surface area contributed by atoms with E-state index in [1.807, 2.05) is 0 Å². The Labute approximate surface area is 202 Å². The maximum Gasteiger partial charge on any atom is 0.414 e. The zero-order valence-corrected chi connectivity index (χ0v) is 20.1. The molecule has 3 amide bonds. The van der Waals surface area contributed by atoms with Gasteiger partial charge in [-0.15, -0.1) is 0 Å². The summed E-state index contributed by atoms with van der Waals surface area (Å²) in [7, 11) is 0. The molecule has 1 aromatic carbocycles. The maximum absolute atomic E-state index is 12.8. The molecule has 11 nitrogen and oxygen atoms in total. The molecule has 1 aromatic heterocycles. The summed E-state index contributed by atoms with van der Waals surface area (Å²) in [5, 5.41) is 14.7. The summed E-state index contributed by atoms with van der Waals surface area (Å²) >= 11 is 0. The molecule has 0 fully saturated rings. The van der Waals surface area contributed by atoms with Crippen LogP contribution in [-0.4, -0.2) is 45.2 Å². The van der Waals surface area contributed by atoms with E-state index in [-0.39, 0.29) is 17.2 Å². The van der Waals surface area contributed by atoms with Crippen LogP contribution in [0.1, 0.15) is 55.6 Å². The first kappa shape index (κ1) is 26.7. The molecule has 2 aromatic rings. The van der Waals surface area contributed by atoms with Crippen LogP contribution in [0.5, 0.6) is 0 Å². The molecule has 0 spiro atoms. The minimum Gasteiger partial charge on any atom is -0.444 e. The van der Waals surface area contributed by atoms with Gasteiger partial charge in [-0.3, -0.25) is 30.4 Å². The summed E-state index contributed by atoms with van der Waals surface area (Å²) in [4.78, 5) is 55.4. The molecule has 0 unspecified atom stereocenters. The molecule has 0 aliphatic rings. The fourth-order valence-electron chi connectivity index (χ4n) is 2.60. The first-order valence-corrected chi connectivity index (χ1v) is 10.6. The van der Waals surface area contributed by atoms with Crippen molar-refractivity contribution in [3.63, 3.8) is 0 Å². The second kappa shape index (κ2) is 11.5. The Hall–Kier alpha value is -4.54. The highest BCUT2D eigenvalue weighted by Gasteiger charge is 2.18. The Morgan fingerprint density at radius 2 is 1.74 bits per heavy atom. The Kier molecular flexibility index (Phi) is 8.81. The van der Waals surface area contributed by atoms with Crippen molar-refractivity contribution in [3.05, 3.63) is 71.3 Å². The topological polar surface area (TPSA) is 166 Å². The fraction of sp³-hybridized carbons (Fsp3) is 0.250. The average molecular weight is 481 g/mol. The molecule has 0 saturated carbocycles. The zero-order chi connectivity index (χ0) is 26.2. The van der Waals surface area contributed by atoms with E-state index in [0.29, 0.717) is 16.8 Å². The van der Waals surface area contributed by atoms with Crippen LogP contribution in [0.2, 0.25) is 0 Å². The number of benzene rings is 1. The summed E-state index contributed by atoms with van der Waals surface area (Å²) in [5.74, 6) is -1.77. The number of allylic oxidation sites excluding steroid dienone is 3. The first-order chi connectivity index (χ1) is 16.4. The summed E-state index contributed by atoms with van der Waals surface area (Å²) in [6.07, 6.45) is 5.01. The number of hydrogen-bond donors (Lipinski definition) is 5. The highest BCUT2D eigenvalue weighted by atomic mass is 16.6. The number of ether oxygens (including phenoxy) is 1. The Morgan fingerprint density at radius 3 is 2.37 bits per heavy atom. The van der Waals surface area contributed by atoms with Crippen LogP contribution < -0.4 is 16.0 Å². The van der Waals surface area contributed by atoms with Gasteiger partial charge in [0.05, 0.1) is 0 Å². The molecule has 5 N–H and O–H groups in total. The standard InChI is InChI=1S/C24H28N6O5/c1-14(9-10-15(2)20(32)29-22(25)30-23(34)35-24(3,4)5)18(31)16-7-6-8-17(13-16)28-21(33)19-26-11-12-27-19/h6-13H,1-5H3,(H,26,27)(H,28,33)(H3,25,29,30,32,34)/b14-9+,15-10+. The lowest BCUT2D eigenvalue weighted by Gasteiger charge is -2.19. The van der Waals surface area contributed by atoms with Gasteiger partial charge in [-0.2, -0.15) is 0 Å². The summed E-state index contributed by atoms with van der Waals surface area (Å²) < 4.78 is 5.01. The molecule has 1 heterocycles. The van der Waals surface area contributed by atoms with Gasteiger partial charge in [0.2, 0.25) is 5.96 Å². The summed E-state index contributed by atoms with van der Waals surface area (Å²) in [5.41, 5.74) is 0.562. The SMILES string of the molecule is C/C(=C\C=C(/C)C(=O)c1cccc(NC(=O)c2ncc[nH]2)c1)C(=O)NC(=N)NC(=O)OC(C)(C)C. The van der Waals surface area contributed by atoms with Gasteiger partial charge in [0.1, 0.15) is 5.60 Å². The zero-order valence-electron chi connectivity index (χ0n) is 20.1. The number of alkyl carbamates (subject to hydrolysis) is 1. The van der Waals surface area contributed by atoms with E-state index in [2.05, 4.69) is 25.9 Å².